The quantitative estimate of drug-likeness (QED) is 0.764. The molecule has 0 spiro atoms. The van der Waals surface area contributed by atoms with Crippen LogP contribution in [0.4, 0.5) is 0 Å². The number of nitrogens with zero attached hydrogens (tertiary/aromatic N) is 1. The highest BCUT2D eigenvalue weighted by Crippen LogP contribution is 2.24. The van der Waals surface area contributed by atoms with Gasteiger partial charge in [0, 0.05) is 17.5 Å². The smallest absolute Gasteiger partial charge is 0.134 e. The third-order valence-corrected chi connectivity index (χ3v) is 3.40. The maximum absolute atomic E-state index is 5.61. The van der Waals surface area contributed by atoms with Crippen molar-refractivity contribution in [1.29, 1.82) is 0 Å². The molecule has 0 amide bonds. The molecule has 3 rings (SSSR count). The summed E-state index contributed by atoms with van der Waals surface area (Å²) in [5, 5.41) is 1.28. The minimum atomic E-state index is 1.02. The van der Waals surface area contributed by atoms with Gasteiger partial charge in [-0.15, -0.1) is 0 Å². The van der Waals surface area contributed by atoms with Crippen LogP contribution < -0.4 is 0 Å². The zero-order valence-electron chi connectivity index (χ0n) is 9.70. The molecule has 2 heterocycles. The second kappa shape index (κ2) is 3.95. The van der Waals surface area contributed by atoms with Crippen LogP contribution in [0.1, 0.15) is 24.0 Å². The predicted octanol–water partition coefficient (Wildman–Crippen LogP) is 3.34. The zero-order chi connectivity index (χ0) is 11.0. The largest absolute Gasteiger partial charge is 0.464 e. The Kier molecular flexibility index (Phi) is 2.44. The molecular formula is C14H17NO. The topological polar surface area (TPSA) is 16.4 Å². The van der Waals surface area contributed by atoms with E-state index in [0.29, 0.717) is 0 Å². The molecular weight excluding hydrogens is 198 g/mol. The van der Waals surface area contributed by atoms with Gasteiger partial charge in [0.05, 0.1) is 6.26 Å². The first-order valence-electron chi connectivity index (χ1n) is 6.02. The number of likely N-dealkylation sites (tertiary alicyclic amines) is 1. The summed E-state index contributed by atoms with van der Waals surface area (Å²) in [7, 11) is 0. The fraction of sp³-hybridized carbons (Fsp3) is 0.429. The van der Waals surface area contributed by atoms with Crippen LogP contribution in [0.5, 0.6) is 0 Å². The van der Waals surface area contributed by atoms with Crippen molar-refractivity contribution >= 4 is 11.0 Å². The van der Waals surface area contributed by atoms with Gasteiger partial charge < -0.3 is 4.42 Å². The Morgan fingerprint density at radius 3 is 2.88 bits per heavy atom. The van der Waals surface area contributed by atoms with Gasteiger partial charge in [0.25, 0.3) is 0 Å². The van der Waals surface area contributed by atoms with Gasteiger partial charge >= 0.3 is 0 Å². The molecule has 1 aromatic heterocycles. The van der Waals surface area contributed by atoms with E-state index in [2.05, 4.69) is 30.0 Å². The Morgan fingerprint density at radius 2 is 2.06 bits per heavy atom. The Balaban J connectivity index is 1.91. The van der Waals surface area contributed by atoms with Gasteiger partial charge in [-0.2, -0.15) is 0 Å². The molecule has 2 nitrogen and oxygen atoms in total. The van der Waals surface area contributed by atoms with E-state index in [1.54, 1.807) is 0 Å². The summed E-state index contributed by atoms with van der Waals surface area (Å²) in [5.41, 5.74) is 3.61. The van der Waals surface area contributed by atoms with E-state index in [4.69, 9.17) is 4.42 Å². The lowest BCUT2D eigenvalue weighted by Gasteiger charge is -2.12. The molecule has 1 aliphatic heterocycles. The first-order chi connectivity index (χ1) is 7.83. The van der Waals surface area contributed by atoms with Crippen molar-refractivity contribution in [3.63, 3.8) is 0 Å². The molecule has 0 bridgehead atoms. The lowest BCUT2D eigenvalue weighted by molar-refractivity contribution is 0.331. The third-order valence-electron chi connectivity index (χ3n) is 3.40. The van der Waals surface area contributed by atoms with E-state index in [1.165, 1.54) is 42.4 Å². The molecule has 1 aromatic carbocycles. The second-order valence-electron chi connectivity index (χ2n) is 4.74. The predicted molar refractivity (Wildman–Crippen MR) is 65.5 cm³/mol. The molecule has 0 aliphatic carbocycles. The first-order valence-corrected chi connectivity index (χ1v) is 6.02. The molecule has 84 valence electrons. The van der Waals surface area contributed by atoms with Gasteiger partial charge in [-0.25, -0.2) is 0 Å². The Bertz CT molecular complexity index is 494. The highest BCUT2D eigenvalue weighted by molar-refractivity contribution is 5.81. The second-order valence-corrected chi connectivity index (χ2v) is 4.74. The van der Waals surface area contributed by atoms with E-state index in [0.717, 1.165) is 12.1 Å². The average molecular weight is 215 g/mol. The van der Waals surface area contributed by atoms with Crippen LogP contribution >= 0.6 is 0 Å². The fourth-order valence-electron chi connectivity index (χ4n) is 2.49. The van der Waals surface area contributed by atoms with Gasteiger partial charge in [0.15, 0.2) is 0 Å². The normalized spacial score (nSPS) is 17.3. The summed E-state index contributed by atoms with van der Waals surface area (Å²) in [4.78, 5) is 2.50. The summed E-state index contributed by atoms with van der Waals surface area (Å²) in [5.74, 6) is 0. The molecule has 1 saturated heterocycles. The van der Waals surface area contributed by atoms with Crippen LogP contribution in [0.3, 0.4) is 0 Å². The minimum absolute atomic E-state index is 1.02. The number of hydrogen-bond acceptors (Lipinski definition) is 2. The summed E-state index contributed by atoms with van der Waals surface area (Å²) < 4.78 is 5.61. The van der Waals surface area contributed by atoms with Crippen molar-refractivity contribution in [2.45, 2.75) is 26.3 Å². The average Bonchev–Trinajstić information content (AvgIpc) is 2.89. The van der Waals surface area contributed by atoms with Gasteiger partial charge in [0.1, 0.15) is 5.58 Å². The van der Waals surface area contributed by atoms with E-state index in [1.807, 2.05) is 6.26 Å². The Labute approximate surface area is 95.9 Å². The molecule has 0 radical (unpaired) electrons. The van der Waals surface area contributed by atoms with Crippen molar-refractivity contribution < 1.29 is 4.42 Å². The van der Waals surface area contributed by atoms with Crippen LogP contribution in [0.15, 0.2) is 28.9 Å². The molecule has 0 atom stereocenters. The van der Waals surface area contributed by atoms with E-state index in [9.17, 15) is 0 Å². The highest BCUT2D eigenvalue weighted by atomic mass is 16.3. The standard InChI is InChI=1S/C14H17NO/c1-11-4-5-13-12(10-16-14(13)8-11)9-15-6-2-3-7-15/h4-5,8,10H,2-3,6-7,9H2,1H3. The molecule has 2 aromatic rings. The van der Waals surface area contributed by atoms with Gasteiger partial charge in [-0.05, 0) is 44.5 Å². The lowest BCUT2D eigenvalue weighted by Crippen LogP contribution is -2.17. The van der Waals surface area contributed by atoms with E-state index >= 15 is 0 Å². The number of benzene rings is 1. The summed E-state index contributed by atoms with van der Waals surface area (Å²) in [6.07, 6.45) is 4.60. The highest BCUT2D eigenvalue weighted by Gasteiger charge is 2.14. The molecule has 16 heavy (non-hydrogen) atoms. The molecule has 0 N–H and O–H groups in total. The summed E-state index contributed by atoms with van der Waals surface area (Å²) >= 11 is 0. The summed E-state index contributed by atoms with van der Waals surface area (Å²) in [6, 6.07) is 6.45. The van der Waals surface area contributed by atoms with Crippen molar-refractivity contribution in [3.8, 4) is 0 Å². The molecule has 0 unspecified atom stereocenters. The molecule has 2 heteroatoms. The minimum Gasteiger partial charge on any atom is -0.464 e. The van der Waals surface area contributed by atoms with Crippen LogP contribution in [-0.4, -0.2) is 18.0 Å². The van der Waals surface area contributed by atoms with E-state index < -0.39 is 0 Å². The van der Waals surface area contributed by atoms with Gasteiger partial charge in [0.2, 0.25) is 0 Å². The van der Waals surface area contributed by atoms with Crippen LogP contribution in [0, 0.1) is 6.92 Å². The van der Waals surface area contributed by atoms with Gasteiger partial charge in [-0.1, -0.05) is 12.1 Å². The van der Waals surface area contributed by atoms with Crippen LogP contribution in [0.25, 0.3) is 11.0 Å². The number of fused-ring (bicyclic) bond motifs is 1. The first kappa shape index (κ1) is 9.91. The molecule has 1 fully saturated rings. The van der Waals surface area contributed by atoms with Gasteiger partial charge in [-0.3, -0.25) is 4.90 Å². The fourth-order valence-corrected chi connectivity index (χ4v) is 2.49. The van der Waals surface area contributed by atoms with Crippen LogP contribution in [-0.2, 0) is 6.54 Å². The SMILES string of the molecule is Cc1ccc2c(CN3CCCC3)coc2c1. The number of hydrogen-bond donors (Lipinski definition) is 0. The monoisotopic (exact) mass is 215 g/mol. The maximum Gasteiger partial charge on any atom is 0.134 e. The number of aryl methyl sites for hydroxylation is 1. The Hall–Kier alpha value is -1.28. The number of rotatable bonds is 2. The molecule has 1 aliphatic rings. The number of furan rings is 1. The van der Waals surface area contributed by atoms with Crippen molar-refractivity contribution in [2.75, 3.05) is 13.1 Å². The Morgan fingerprint density at radius 1 is 1.25 bits per heavy atom. The molecule has 0 saturated carbocycles. The van der Waals surface area contributed by atoms with Crippen LogP contribution in [0.2, 0.25) is 0 Å². The van der Waals surface area contributed by atoms with Crippen molar-refractivity contribution in [1.82, 2.24) is 4.90 Å². The zero-order valence-corrected chi connectivity index (χ0v) is 9.70. The lowest BCUT2D eigenvalue weighted by atomic mass is 10.1. The van der Waals surface area contributed by atoms with E-state index in [-0.39, 0.29) is 0 Å². The maximum atomic E-state index is 5.61. The van der Waals surface area contributed by atoms with Crippen molar-refractivity contribution in [2.24, 2.45) is 0 Å². The third kappa shape index (κ3) is 1.74. The van der Waals surface area contributed by atoms with Crippen molar-refractivity contribution in [3.05, 3.63) is 35.6 Å². The summed E-state index contributed by atoms with van der Waals surface area (Å²) in [6.45, 7) is 5.61.